The van der Waals surface area contributed by atoms with Crippen LogP contribution in [0.4, 0.5) is 0 Å². The highest BCUT2D eigenvalue weighted by Gasteiger charge is 2.27. The van der Waals surface area contributed by atoms with E-state index in [-0.39, 0.29) is 0 Å². The minimum Gasteiger partial charge on any atom is -0.304 e. The van der Waals surface area contributed by atoms with Crippen LogP contribution in [0.5, 0.6) is 0 Å². The van der Waals surface area contributed by atoms with E-state index >= 15 is 0 Å². The van der Waals surface area contributed by atoms with Gasteiger partial charge in [-0.25, -0.2) is 0 Å². The van der Waals surface area contributed by atoms with Gasteiger partial charge < -0.3 is 19.6 Å². The molecule has 0 N–H and O–H groups in total. The topological polar surface area (TPSA) is 13.0 Å². The van der Waals surface area contributed by atoms with Crippen LogP contribution in [0.15, 0.2) is 279 Å². The maximum absolute atomic E-state index is 2.38. The molecular formula is C110H132N4. The largest absolute Gasteiger partial charge is 0.304 e. The molecule has 0 aliphatic heterocycles. The summed E-state index contributed by atoms with van der Waals surface area (Å²) in [7, 11) is 0. The molecule has 592 valence electrons. The molecule has 0 saturated heterocycles. The van der Waals surface area contributed by atoms with Crippen LogP contribution in [0.3, 0.4) is 0 Å². The number of nitrogens with zero attached hydrogens (tertiary/aromatic N) is 4. The first-order valence-electron chi connectivity index (χ1n) is 43.6. The molecule has 0 atom stereocenters. The van der Waals surface area contributed by atoms with Crippen molar-refractivity contribution in [2.75, 3.05) is 78.5 Å². The van der Waals surface area contributed by atoms with E-state index < -0.39 is 0 Å². The van der Waals surface area contributed by atoms with Gasteiger partial charge in [0.2, 0.25) is 0 Å². The summed E-state index contributed by atoms with van der Waals surface area (Å²) in [6.07, 6.45) is 4.23. The Hall–Kier alpha value is -10.0. The van der Waals surface area contributed by atoms with Crippen molar-refractivity contribution < 1.29 is 0 Å². The Labute approximate surface area is 687 Å². The van der Waals surface area contributed by atoms with Crippen molar-refractivity contribution >= 4 is 75.4 Å². The second kappa shape index (κ2) is 45.2. The first-order valence-corrected chi connectivity index (χ1v) is 43.6. The summed E-state index contributed by atoms with van der Waals surface area (Å²) in [5.41, 5.74) is 23.2. The maximum Gasteiger partial charge on any atom is -0.000705 e. The average Bonchev–Trinajstić information content (AvgIpc) is 1.55. The molecule has 0 spiro atoms. The lowest BCUT2D eigenvalue weighted by molar-refractivity contribution is 0.321. The van der Waals surface area contributed by atoms with Crippen LogP contribution in [-0.2, 0) is 25.7 Å². The molecule has 0 fully saturated rings. The number of hydrogen-bond donors (Lipinski definition) is 0. The van der Waals surface area contributed by atoms with Crippen LogP contribution in [0.1, 0.15) is 169 Å². The Balaban J connectivity index is 0.000000154. The Kier molecular flexibility index (Phi) is 34.8. The number of benzene rings is 15. The smallest absolute Gasteiger partial charge is 0.000705 e. The summed E-state index contributed by atoms with van der Waals surface area (Å²) in [6.45, 7) is 52.5. The first kappa shape index (κ1) is 87.9. The summed E-state index contributed by atoms with van der Waals surface area (Å²) in [6, 6.07) is 101. The number of fused-ring (bicyclic) bond motifs is 28. The van der Waals surface area contributed by atoms with E-state index in [4.69, 9.17) is 0 Å². The monoisotopic (exact) mass is 1510 g/mol. The molecule has 0 bridgehead atoms. The minimum atomic E-state index is 1.05. The van der Waals surface area contributed by atoms with Gasteiger partial charge in [0.25, 0.3) is 0 Å². The van der Waals surface area contributed by atoms with Crippen LogP contribution >= 0.6 is 0 Å². The van der Waals surface area contributed by atoms with Gasteiger partial charge >= 0.3 is 0 Å². The molecule has 4 aliphatic rings. The second-order valence-electron chi connectivity index (χ2n) is 28.5. The van der Waals surface area contributed by atoms with Crippen LogP contribution < -0.4 is 0 Å². The third kappa shape index (κ3) is 20.2. The second-order valence-corrected chi connectivity index (χ2v) is 28.5. The van der Waals surface area contributed by atoms with E-state index in [9.17, 15) is 0 Å². The van der Waals surface area contributed by atoms with Crippen molar-refractivity contribution in [1.29, 1.82) is 0 Å². The van der Waals surface area contributed by atoms with Crippen molar-refractivity contribution in [2.45, 2.75) is 150 Å². The van der Waals surface area contributed by atoms with Gasteiger partial charge in [0.15, 0.2) is 0 Å². The highest BCUT2D eigenvalue weighted by molar-refractivity contribution is 6.19. The average molecular weight is 1510 g/mol. The van der Waals surface area contributed by atoms with E-state index in [0.717, 1.165) is 25.7 Å². The van der Waals surface area contributed by atoms with Crippen molar-refractivity contribution in [2.24, 2.45) is 0 Å². The fourth-order valence-corrected chi connectivity index (χ4v) is 17.0. The Morgan fingerprint density at radius 3 is 0.763 bits per heavy atom. The van der Waals surface area contributed by atoms with Crippen LogP contribution in [0, 0.1) is 0 Å². The van der Waals surface area contributed by atoms with Gasteiger partial charge in [-0.2, -0.15) is 0 Å². The molecule has 15 aromatic rings. The molecule has 4 aliphatic carbocycles. The number of hydrogen-bond acceptors (Lipinski definition) is 4. The van der Waals surface area contributed by atoms with Gasteiger partial charge in [-0.3, -0.25) is 0 Å². The molecular weight excluding hydrogens is 1380 g/mol. The van der Waals surface area contributed by atoms with Crippen LogP contribution in [0.2, 0.25) is 0 Å². The van der Waals surface area contributed by atoms with Crippen LogP contribution in [0.25, 0.3) is 120 Å². The summed E-state index contributed by atoms with van der Waals surface area (Å²) < 4.78 is 0. The standard InChI is InChI=1S/3C21H14.C17H12.4C6H15N.3C2H6/c1-3-7-17-14(5-1)11-12-19-20(17)13-16-10-9-15-6-2-4-8-18(15)21(16)19;2*1-2-8-15-14(7-1)13-20-18-11-4-3-9-16(18)17-10-5-6-12-19(17)21(15)20;1-3-7-14-12(5-1)9-10-16-15-8-4-2-6-13(15)11-17(14)16;4*1-4-7(5-2)6-3;3*1-2/h3*1-12H,13H2;1-10H,11H2;4*4-6H2,1-3H3;3*1-2H3. The zero-order chi connectivity index (χ0) is 81.5. The lowest BCUT2D eigenvalue weighted by atomic mass is 9.92. The Morgan fingerprint density at radius 2 is 0.404 bits per heavy atom. The Morgan fingerprint density at radius 1 is 0.167 bits per heavy atom. The summed E-state index contributed by atoms with van der Waals surface area (Å²) in [5.74, 6) is 0. The molecule has 4 nitrogen and oxygen atoms in total. The zero-order valence-corrected chi connectivity index (χ0v) is 72.7. The number of rotatable bonds is 12. The SMILES string of the molecule is CC.CC.CC.CCN(CC)CC.CCN(CC)CC.CCN(CC)CC.CCN(CC)CC.c1ccc2c(c1)Cc1c-2c2ccccc2c2ccccc12.c1ccc2c(c1)Cc1c-2c2ccccc2c2ccccc12.c1ccc2c(c1)Cc1c-2ccc2ccccc12.c1ccc2c3c(ccc2c1)-c1c(ccc2ccccc12)C3. The van der Waals surface area contributed by atoms with Gasteiger partial charge in [-0.1, -0.05) is 404 Å². The Bertz CT molecular complexity index is 5250. The van der Waals surface area contributed by atoms with Crippen molar-refractivity contribution in [3.63, 3.8) is 0 Å². The zero-order valence-electron chi connectivity index (χ0n) is 72.7. The molecule has 4 heteroatoms. The summed E-state index contributed by atoms with van der Waals surface area (Å²) in [4.78, 5) is 9.50. The molecule has 114 heavy (non-hydrogen) atoms. The lowest BCUT2D eigenvalue weighted by Crippen LogP contribution is -2.21. The van der Waals surface area contributed by atoms with Crippen LogP contribution in [-0.4, -0.2) is 98.1 Å². The van der Waals surface area contributed by atoms with E-state index in [1.165, 1.54) is 243 Å². The predicted octanol–water partition coefficient (Wildman–Crippen LogP) is 29.6. The quantitative estimate of drug-likeness (QED) is 0.113. The van der Waals surface area contributed by atoms with E-state index in [1.807, 2.05) is 41.5 Å². The minimum absolute atomic E-state index is 1.05. The highest BCUT2D eigenvalue weighted by Crippen LogP contribution is 2.49. The van der Waals surface area contributed by atoms with Gasteiger partial charge in [-0.15, -0.1) is 0 Å². The fraction of sp³-hybridized carbons (Fsp3) is 0.309. The maximum atomic E-state index is 2.38. The molecule has 15 aromatic carbocycles. The normalized spacial score (nSPS) is 11.5. The summed E-state index contributed by atoms with van der Waals surface area (Å²) in [5, 5.41) is 19.3. The molecule has 0 saturated carbocycles. The van der Waals surface area contributed by atoms with E-state index in [2.05, 4.69) is 382 Å². The van der Waals surface area contributed by atoms with Gasteiger partial charge in [0.1, 0.15) is 0 Å². The van der Waals surface area contributed by atoms with E-state index in [1.54, 1.807) is 0 Å². The lowest BCUT2D eigenvalue weighted by Gasteiger charge is -2.13. The highest BCUT2D eigenvalue weighted by atomic mass is 15.1. The molecule has 0 heterocycles. The fourth-order valence-electron chi connectivity index (χ4n) is 17.0. The molecule has 0 radical (unpaired) electrons. The predicted molar refractivity (Wildman–Crippen MR) is 509 cm³/mol. The van der Waals surface area contributed by atoms with Gasteiger partial charge in [-0.05, 0) is 269 Å². The van der Waals surface area contributed by atoms with Gasteiger partial charge in [0.05, 0.1) is 0 Å². The molecule has 0 unspecified atom stereocenters. The third-order valence-electron chi connectivity index (χ3n) is 23.2. The van der Waals surface area contributed by atoms with Crippen molar-refractivity contribution in [1.82, 2.24) is 19.6 Å². The third-order valence-corrected chi connectivity index (χ3v) is 23.2. The molecule has 0 aromatic heterocycles. The molecule has 19 rings (SSSR count). The summed E-state index contributed by atoms with van der Waals surface area (Å²) >= 11 is 0. The first-order chi connectivity index (χ1) is 56.1. The van der Waals surface area contributed by atoms with Crippen molar-refractivity contribution in [3.8, 4) is 44.5 Å². The van der Waals surface area contributed by atoms with E-state index in [0.29, 0.717) is 0 Å². The van der Waals surface area contributed by atoms with Gasteiger partial charge in [0, 0.05) is 0 Å². The molecule has 0 amide bonds. The van der Waals surface area contributed by atoms with Crippen molar-refractivity contribution in [3.05, 3.63) is 324 Å².